The van der Waals surface area contributed by atoms with Crippen LogP contribution in [0.15, 0.2) is 60.8 Å². The van der Waals surface area contributed by atoms with Crippen molar-refractivity contribution >= 4 is 32.6 Å². The summed E-state index contributed by atoms with van der Waals surface area (Å²) in [6.07, 6.45) is 1.58. The smallest absolute Gasteiger partial charge is 0.230 e. The van der Waals surface area contributed by atoms with Gasteiger partial charge >= 0.3 is 0 Å². The SMILES string of the molecule is Cc1cc2cc(Oc3ccnc(Nc4cccc(CS(N)(=O)=O)c4)n3)ccc2[nH]1. The molecule has 2 aromatic heterocycles. The van der Waals surface area contributed by atoms with E-state index in [-0.39, 0.29) is 5.75 Å². The zero-order valence-corrected chi connectivity index (χ0v) is 16.4. The third-order valence-electron chi connectivity index (χ3n) is 4.13. The van der Waals surface area contributed by atoms with E-state index in [2.05, 4.69) is 20.3 Å². The third-order valence-corrected chi connectivity index (χ3v) is 4.87. The van der Waals surface area contributed by atoms with E-state index in [1.54, 1.807) is 36.5 Å². The summed E-state index contributed by atoms with van der Waals surface area (Å²) in [5.74, 6) is 1.13. The van der Waals surface area contributed by atoms with Gasteiger partial charge in [-0.25, -0.2) is 18.5 Å². The zero-order valence-electron chi connectivity index (χ0n) is 15.6. The summed E-state index contributed by atoms with van der Waals surface area (Å²) >= 11 is 0. The molecule has 0 aliphatic carbocycles. The zero-order chi connectivity index (χ0) is 20.4. The van der Waals surface area contributed by atoms with Crippen molar-refractivity contribution in [2.24, 2.45) is 5.14 Å². The summed E-state index contributed by atoms with van der Waals surface area (Å²) in [6.45, 7) is 2.00. The lowest BCUT2D eigenvalue weighted by Gasteiger charge is -2.09. The first-order valence-corrected chi connectivity index (χ1v) is 10.5. The molecule has 0 atom stereocenters. The van der Waals surface area contributed by atoms with E-state index in [4.69, 9.17) is 9.88 Å². The topological polar surface area (TPSA) is 123 Å². The van der Waals surface area contributed by atoms with Crippen molar-refractivity contribution in [1.82, 2.24) is 15.0 Å². The standard InChI is InChI=1S/C20H19N5O3S/c1-13-9-15-11-17(5-6-18(15)23-13)28-19-7-8-22-20(25-19)24-16-4-2-3-14(10-16)12-29(21,26)27/h2-11,23H,12H2,1H3,(H2,21,26,27)(H,22,24,25). The summed E-state index contributed by atoms with van der Waals surface area (Å²) in [4.78, 5) is 11.8. The van der Waals surface area contributed by atoms with E-state index < -0.39 is 10.0 Å². The van der Waals surface area contributed by atoms with Crippen LogP contribution in [0.25, 0.3) is 10.9 Å². The average molecular weight is 409 g/mol. The van der Waals surface area contributed by atoms with Crippen molar-refractivity contribution in [3.05, 3.63) is 72.1 Å². The molecule has 0 radical (unpaired) electrons. The number of hydrogen-bond acceptors (Lipinski definition) is 6. The molecule has 4 aromatic rings. The number of nitrogens with zero attached hydrogens (tertiary/aromatic N) is 2. The van der Waals surface area contributed by atoms with E-state index in [1.807, 2.05) is 31.2 Å². The second-order valence-corrected chi connectivity index (χ2v) is 8.27. The van der Waals surface area contributed by atoms with E-state index in [0.29, 0.717) is 28.8 Å². The van der Waals surface area contributed by atoms with Crippen molar-refractivity contribution in [3.63, 3.8) is 0 Å². The minimum Gasteiger partial charge on any atom is -0.439 e. The first kappa shape index (κ1) is 18.9. The first-order valence-electron chi connectivity index (χ1n) is 8.81. The summed E-state index contributed by atoms with van der Waals surface area (Å²) in [6, 6.07) is 16.4. The monoisotopic (exact) mass is 409 g/mol. The van der Waals surface area contributed by atoms with E-state index in [1.165, 1.54) is 0 Å². The number of aromatic nitrogens is 3. The van der Waals surface area contributed by atoms with Crippen LogP contribution in [0, 0.1) is 6.92 Å². The Labute approximate surface area is 167 Å². The Morgan fingerprint density at radius 1 is 1.14 bits per heavy atom. The Morgan fingerprint density at radius 2 is 2.00 bits per heavy atom. The Kier molecular flexibility index (Phi) is 4.91. The molecule has 0 fully saturated rings. The van der Waals surface area contributed by atoms with E-state index >= 15 is 0 Å². The average Bonchev–Trinajstić information content (AvgIpc) is 3.00. The van der Waals surface area contributed by atoms with Crippen LogP contribution in [-0.4, -0.2) is 23.4 Å². The number of H-pyrrole nitrogens is 1. The van der Waals surface area contributed by atoms with Gasteiger partial charge in [-0.3, -0.25) is 0 Å². The van der Waals surface area contributed by atoms with Crippen LogP contribution in [0.1, 0.15) is 11.3 Å². The summed E-state index contributed by atoms with van der Waals surface area (Å²) in [5.41, 5.74) is 3.34. The molecule has 0 spiro atoms. The quantitative estimate of drug-likeness (QED) is 0.447. The highest BCUT2D eigenvalue weighted by molar-refractivity contribution is 7.88. The number of rotatable bonds is 6. The van der Waals surface area contributed by atoms with Crippen molar-refractivity contribution in [3.8, 4) is 11.6 Å². The second kappa shape index (κ2) is 7.53. The normalized spacial score (nSPS) is 11.5. The second-order valence-electron chi connectivity index (χ2n) is 6.65. The fraction of sp³-hybridized carbons (Fsp3) is 0.100. The summed E-state index contributed by atoms with van der Waals surface area (Å²) in [5, 5.41) is 9.21. The molecule has 2 aromatic carbocycles. The van der Waals surface area contributed by atoms with Crippen molar-refractivity contribution in [1.29, 1.82) is 0 Å². The molecule has 29 heavy (non-hydrogen) atoms. The largest absolute Gasteiger partial charge is 0.439 e. The van der Waals surface area contributed by atoms with Crippen LogP contribution in [-0.2, 0) is 15.8 Å². The van der Waals surface area contributed by atoms with Crippen molar-refractivity contribution in [2.75, 3.05) is 5.32 Å². The van der Waals surface area contributed by atoms with Crippen LogP contribution in [0.2, 0.25) is 0 Å². The molecule has 0 bridgehead atoms. The van der Waals surface area contributed by atoms with Gasteiger partial charge in [-0.15, -0.1) is 0 Å². The van der Waals surface area contributed by atoms with Crippen LogP contribution >= 0.6 is 0 Å². The molecule has 8 nitrogen and oxygen atoms in total. The number of anilines is 2. The Balaban J connectivity index is 1.52. The maximum atomic E-state index is 11.3. The predicted octanol–water partition coefficient (Wildman–Crippen LogP) is 3.59. The van der Waals surface area contributed by atoms with Gasteiger partial charge in [-0.2, -0.15) is 4.98 Å². The van der Waals surface area contributed by atoms with Gasteiger partial charge in [0.2, 0.25) is 21.9 Å². The van der Waals surface area contributed by atoms with Crippen LogP contribution in [0.5, 0.6) is 11.6 Å². The number of aryl methyl sites for hydroxylation is 1. The van der Waals surface area contributed by atoms with Crippen molar-refractivity contribution < 1.29 is 13.2 Å². The van der Waals surface area contributed by atoms with Gasteiger partial charge in [-0.05, 0) is 48.9 Å². The summed E-state index contributed by atoms with van der Waals surface area (Å²) < 4.78 is 28.4. The van der Waals surface area contributed by atoms with Crippen molar-refractivity contribution in [2.45, 2.75) is 12.7 Å². The molecule has 0 aliphatic heterocycles. The maximum absolute atomic E-state index is 11.3. The predicted molar refractivity (Wildman–Crippen MR) is 112 cm³/mol. The molecule has 4 N–H and O–H groups in total. The number of nitrogens with one attached hydrogen (secondary N) is 2. The number of primary sulfonamides is 1. The molecule has 4 rings (SSSR count). The molecule has 0 amide bonds. The molecular formula is C20H19N5O3S. The van der Waals surface area contributed by atoms with Crippen LogP contribution < -0.4 is 15.2 Å². The number of aromatic amines is 1. The molecule has 0 aliphatic rings. The lowest BCUT2D eigenvalue weighted by atomic mass is 10.2. The van der Waals surface area contributed by atoms with Gasteiger partial charge in [0, 0.05) is 34.5 Å². The van der Waals surface area contributed by atoms with Crippen LogP contribution in [0.3, 0.4) is 0 Å². The highest BCUT2D eigenvalue weighted by Gasteiger charge is 2.08. The van der Waals surface area contributed by atoms with E-state index in [0.717, 1.165) is 16.6 Å². The fourth-order valence-electron chi connectivity index (χ4n) is 3.00. The lowest BCUT2D eigenvalue weighted by molar-refractivity contribution is 0.463. The van der Waals surface area contributed by atoms with Gasteiger partial charge in [0.15, 0.2) is 0 Å². The fourth-order valence-corrected chi connectivity index (χ4v) is 3.64. The Hall–Kier alpha value is -3.43. The minimum atomic E-state index is -3.60. The number of benzene rings is 2. The van der Waals surface area contributed by atoms with Gasteiger partial charge < -0.3 is 15.0 Å². The van der Waals surface area contributed by atoms with Gasteiger partial charge in [-0.1, -0.05) is 12.1 Å². The highest BCUT2D eigenvalue weighted by Crippen LogP contribution is 2.26. The highest BCUT2D eigenvalue weighted by atomic mass is 32.2. The molecule has 9 heteroatoms. The molecule has 0 saturated carbocycles. The molecule has 0 unspecified atom stereocenters. The lowest BCUT2D eigenvalue weighted by Crippen LogP contribution is -2.14. The third kappa shape index (κ3) is 4.89. The molecule has 2 heterocycles. The molecule has 148 valence electrons. The van der Waals surface area contributed by atoms with Crippen LogP contribution in [0.4, 0.5) is 11.6 Å². The Bertz CT molecular complexity index is 1280. The number of hydrogen-bond donors (Lipinski definition) is 3. The van der Waals surface area contributed by atoms with Gasteiger partial charge in [0.25, 0.3) is 0 Å². The molecule has 0 saturated heterocycles. The number of fused-ring (bicyclic) bond motifs is 1. The Morgan fingerprint density at radius 3 is 2.83 bits per heavy atom. The first-order chi connectivity index (χ1) is 13.8. The summed E-state index contributed by atoms with van der Waals surface area (Å²) in [7, 11) is -3.60. The number of sulfonamides is 1. The number of nitrogens with two attached hydrogens (primary N) is 1. The molecular weight excluding hydrogens is 390 g/mol. The minimum absolute atomic E-state index is 0.242. The maximum Gasteiger partial charge on any atom is 0.230 e. The van der Waals surface area contributed by atoms with Gasteiger partial charge in [0.1, 0.15) is 5.75 Å². The number of ether oxygens (including phenoxy) is 1. The van der Waals surface area contributed by atoms with Gasteiger partial charge in [0.05, 0.1) is 5.75 Å². The van der Waals surface area contributed by atoms with E-state index in [9.17, 15) is 8.42 Å².